The van der Waals surface area contributed by atoms with Crippen molar-refractivity contribution in [3.63, 3.8) is 0 Å². The van der Waals surface area contributed by atoms with Gasteiger partial charge in [0.1, 0.15) is 5.75 Å². The number of unbranched alkanes of at least 4 members (excludes halogenated alkanes) is 1. The lowest BCUT2D eigenvalue weighted by Crippen LogP contribution is -2.26. The minimum Gasteiger partial charge on any atom is -0.507 e. The normalized spacial score (nSPS) is 12.4. The first-order chi connectivity index (χ1) is 13.3. The summed E-state index contributed by atoms with van der Waals surface area (Å²) >= 11 is 1.61. The predicted octanol–water partition coefficient (Wildman–Crippen LogP) is 3.74. The molecule has 0 radical (unpaired) electrons. The fourth-order valence-electron chi connectivity index (χ4n) is 3.17. The first-order valence-electron chi connectivity index (χ1n) is 9.25. The van der Waals surface area contributed by atoms with E-state index in [0.717, 1.165) is 56.3 Å². The molecule has 2 aromatic carbocycles. The quantitative estimate of drug-likeness (QED) is 0.212. The Balaban J connectivity index is 0.00000300. The lowest BCUT2D eigenvalue weighted by molar-refractivity contribution is 0.478. The molecule has 0 aliphatic carbocycles. The molecule has 29 heavy (non-hydrogen) atoms. The Hall–Kier alpha value is -2.58. The van der Waals surface area contributed by atoms with Gasteiger partial charge in [0.05, 0.1) is 15.9 Å². The van der Waals surface area contributed by atoms with Gasteiger partial charge in [-0.25, -0.2) is 5.43 Å². The average molecular weight is 435 g/mol. The summed E-state index contributed by atoms with van der Waals surface area (Å²) in [7, 11) is 2.02. The third-order valence-corrected chi connectivity index (χ3v) is 6.07. The van der Waals surface area contributed by atoms with Crippen LogP contribution in [0.25, 0.3) is 21.0 Å². The first-order valence-corrected chi connectivity index (χ1v) is 10.1. The molecule has 0 amide bonds. The Morgan fingerprint density at radius 3 is 2.72 bits per heavy atom. The maximum absolute atomic E-state index is 10.8. The number of nitrogens with two attached hydrogens (primary N) is 1. The van der Waals surface area contributed by atoms with E-state index in [9.17, 15) is 5.11 Å². The van der Waals surface area contributed by atoms with Crippen LogP contribution in [0, 0.1) is 12.3 Å². The largest absolute Gasteiger partial charge is 0.507 e. The van der Waals surface area contributed by atoms with E-state index in [1.54, 1.807) is 11.3 Å². The molecule has 3 rings (SSSR count). The van der Waals surface area contributed by atoms with Gasteiger partial charge in [-0.3, -0.25) is 10.4 Å². The summed E-state index contributed by atoms with van der Waals surface area (Å²) in [5.41, 5.74) is 11.3. The number of nitrogens with zero attached hydrogens (tertiary/aromatic N) is 3. The van der Waals surface area contributed by atoms with Gasteiger partial charge in [0.2, 0.25) is 5.96 Å². The molecule has 0 aliphatic heterocycles. The van der Waals surface area contributed by atoms with Crippen molar-refractivity contribution >= 4 is 56.4 Å². The minimum absolute atomic E-state index is 0. The van der Waals surface area contributed by atoms with Crippen LogP contribution < -0.4 is 16.0 Å². The molecule has 0 bridgehead atoms. The van der Waals surface area contributed by atoms with E-state index in [1.807, 2.05) is 39.1 Å². The maximum atomic E-state index is 10.8. The number of rotatable bonds is 5. The molecule has 5 N–H and O–H groups in total. The van der Waals surface area contributed by atoms with Crippen LogP contribution in [0.1, 0.15) is 37.8 Å². The van der Waals surface area contributed by atoms with Crippen LogP contribution in [0.15, 0.2) is 28.3 Å². The number of aromatic hydroxyl groups is 1. The summed E-state index contributed by atoms with van der Waals surface area (Å²) in [5, 5.41) is 23.9. The van der Waals surface area contributed by atoms with Crippen LogP contribution >= 0.6 is 23.7 Å². The average Bonchev–Trinajstić information content (AvgIpc) is 3.00. The number of nitrogens with one attached hydrogen (secondary N) is 2. The van der Waals surface area contributed by atoms with Crippen LogP contribution in [0.4, 0.5) is 0 Å². The Morgan fingerprint density at radius 1 is 1.34 bits per heavy atom. The zero-order valence-electron chi connectivity index (χ0n) is 17.0. The molecule has 0 unspecified atom stereocenters. The number of aryl methyl sites for hydroxylation is 2. The van der Waals surface area contributed by atoms with Gasteiger partial charge in [0.25, 0.3) is 0 Å². The Kier molecular flexibility index (Phi) is 7.26. The number of hydrogen-bond acceptors (Lipinski definition) is 5. The van der Waals surface area contributed by atoms with Crippen molar-refractivity contribution in [3.8, 4) is 5.75 Å². The van der Waals surface area contributed by atoms with Crippen molar-refractivity contribution in [3.05, 3.63) is 34.1 Å². The molecule has 0 atom stereocenters. The fraction of sp³-hybridized carbons (Fsp3) is 0.350. The highest BCUT2D eigenvalue weighted by molar-refractivity contribution is 7.16. The second-order valence-electron chi connectivity index (χ2n) is 6.81. The van der Waals surface area contributed by atoms with Crippen molar-refractivity contribution in [1.82, 2.24) is 9.99 Å². The number of hydrazone groups is 1. The summed E-state index contributed by atoms with van der Waals surface area (Å²) < 4.78 is 3.14. The lowest BCUT2D eigenvalue weighted by Gasteiger charge is -2.10. The summed E-state index contributed by atoms with van der Waals surface area (Å²) in [6, 6.07) is 5.83. The van der Waals surface area contributed by atoms with E-state index in [4.69, 9.17) is 16.1 Å². The lowest BCUT2D eigenvalue weighted by atomic mass is 10.0. The SMILES string of the molecule is CCCC/N=c1/sc2c(C)c(O)c3ccc(/C(C)=N/NC(=N)N)cc3c2n1C.Cl. The molecule has 156 valence electrons. The number of aromatic nitrogens is 1. The Labute approximate surface area is 179 Å². The van der Waals surface area contributed by atoms with Gasteiger partial charge < -0.3 is 15.4 Å². The number of phenolic OH excluding ortho intramolecular Hbond substituents is 1. The van der Waals surface area contributed by atoms with Crippen molar-refractivity contribution < 1.29 is 5.11 Å². The van der Waals surface area contributed by atoms with Gasteiger partial charge in [0.15, 0.2) is 4.80 Å². The number of phenols is 1. The molecule has 0 saturated heterocycles. The number of halogens is 1. The van der Waals surface area contributed by atoms with Gasteiger partial charge in [0, 0.05) is 29.9 Å². The van der Waals surface area contributed by atoms with Crippen LogP contribution in [-0.4, -0.2) is 27.9 Å². The van der Waals surface area contributed by atoms with E-state index in [1.165, 1.54) is 0 Å². The van der Waals surface area contributed by atoms with E-state index >= 15 is 0 Å². The second kappa shape index (κ2) is 9.28. The monoisotopic (exact) mass is 434 g/mol. The first kappa shape index (κ1) is 22.7. The van der Waals surface area contributed by atoms with Gasteiger partial charge >= 0.3 is 0 Å². The van der Waals surface area contributed by atoms with Crippen LogP contribution in [-0.2, 0) is 7.05 Å². The summed E-state index contributed by atoms with van der Waals surface area (Å²) in [6.07, 6.45) is 2.17. The number of thiazole rings is 1. The van der Waals surface area contributed by atoms with E-state index in [0.29, 0.717) is 11.5 Å². The summed E-state index contributed by atoms with van der Waals surface area (Å²) in [4.78, 5) is 5.70. The number of guanidine groups is 1. The fourth-order valence-corrected chi connectivity index (χ4v) is 4.33. The zero-order chi connectivity index (χ0) is 20.4. The van der Waals surface area contributed by atoms with Gasteiger partial charge in [-0.1, -0.05) is 30.7 Å². The third kappa shape index (κ3) is 4.38. The van der Waals surface area contributed by atoms with E-state index < -0.39 is 0 Å². The topological polar surface area (TPSA) is 112 Å². The molecule has 9 heteroatoms. The highest BCUT2D eigenvalue weighted by Gasteiger charge is 2.16. The van der Waals surface area contributed by atoms with Crippen molar-refractivity contribution in [2.24, 2.45) is 22.9 Å². The van der Waals surface area contributed by atoms with Crippen molar-refractivity contribution in [2.75, 3.05) is 6.54 Å². The van der Waals surface area contributed by atoms with Crippen molar-refractivity contribution in [2.45, 2.75) is 33.6 Å². The Bertz CT molecular complexity index is 1160. The Morgan fingerprint density at radius 2 is 2.07 bits per heavy atom. The number of fused-ring (bicyclic) bond motifs is 3. The second-order valence-corrected chi connectivity index (χ2v) is 7.79. The van der Waals surface area contributed by atoms with Gasteiger partial charge in [-0.2, -0.15) is 5.10 Å². The number of hydrogen-bond donors (Lipinski definition) is 4. The molecule has 1 aromatic heterocycles. The highest BCUT2D eigenvalue weighted by atomic mass is 35.5. The molecule has 3 aromatic rings. The molecular formula is C20H27ClN6OS. The van der Waals surface area contributed by atoms with Crippen LogP contribution in [0.5, 0.6) is 5.75 Å². The zero-order valence-corrected chi connectivity index (χ0v) is 18.7. The van der Waals surface area contributed by atoms with Gasteiger partial charge in [-0.05, 0) is 38.0 Å². The predicted molar refractivity (Wildman–Crippen MR) is 125 cm³/mol. The molecular weight excluding hydrogens is 408 g/mol. The summed E-state index contributed by atoms with van der Waals surface area (Å²) in [6.45, 7) is 6.75. The smallest absolute Gasteiger partial charge is 0.206 e. The maximum Gasteiger partial charge on any atom is 0.206 e. The van der Waals surface area contributed by atoms with Crippen LogP contribution in [0.2, 0.25) is 0 Å². The molecule has 0 fully saturated rings. The molecule has 7 nitrogen and oxygen atoms in total. The van der Waals surface area contributed by atoms with E-state index in [-0.39, 0.29) is 18.4 Å². The van der Waals surface area contributed by atoms with Crippen LogP contribution in [0.3, 0.4) is 0 Å². The standard InChI is InChI=1S/C20H26N6OS.ClH/c1-5-6-9-23-20-26(4)16-15-10-13(12(3)24-25-19(21)22)7-8-14(15)17(27)11(2)18(16)28-20;/h7-8,10,27H,5-6,9H2,1-4H3,(H4,21,22,25);1H/b23-20+,24-12+;. The summed E-state index contributed by atoms with van der Waals surface area (Å²) in [5.74, 6) is 0.0887. The van der Waals surface area contributed by atoms with Crippen molar-refractivity contribution in [1.29, 1.82) is 5.41 Å². The van der Waals surface area contributed by atoms with Gasteiger partial charge in [-0.15, -0.1) is 12.4 Å². The van der Waals surface area contributed by atoms with E-state index in [2.05, 4.69) is 22.0 Å². The molecule has 0 saturated carbocycles. The molecule has 0 aliphatic rings. The molecule has 1 heterocycles. The highest BCUT2D eigenvalue weighted by Crippen LogP contribution is 2.38. The molecule has 0 spiro atoms. The number of benzene rings is 2. The minimum atomic E-state index is -0.210. The third-order valence-electron chi connectivity index (χ3n) is 4.78.